The first-order valence-corrected chi connectivity index (χ1v) is 37.4. The average Bonchev–Trinajstić information content (AvgIpc) is 1.63. The number of hydrogen-bond donors (Lipinski definition) is 15. The summed E-state index contributed by atoms with van der Waals surface area (Å²) in [7, 11) is 0. The molecule has 0 bridgehead atoms. The minimum Gasteiger partial charge on any atom is -0.350 e. The number of nitrogens with two attached hydrogens (primary N) is 5. The summed E-state index contributed by atoms with van der Waals surface area (Å²) < 4.78 is 0. The van der Waals surface area contributed by atoms with Crippen molar-refractivity contribution in [2.75, 3.05) is 26.2 Å². The number of rotatable bonds is 24. The minimum absolute atomic E-state index is 0.000797. The molecule has 107 heavy (non-hydrogen) atoms. The van der Waals surface area contributed by atoms with Gasteiger partial charge in [0, 0.05) is 31.8 Å². The molecule has 3 aliphatic heterocycles. The van der Waals surface area contributed by atoms with E-state index in [1.165, 1.54) is 4.90 Å². The van der Waals surface area contributed by atoms with Crippen LogP contribution < -0.4 is 81.8 Å². The van der Waals surface area contributed by atoms with Crippen LogP contribution in [0.15, 0.2) is 121 Å². The van der Waals surface area contributed by atoms with Gasteiger partial charge >= 0.3 is 0 Å². The molecule has 3 heterocycles. The summed E-state index contributed by atoms with van der Waals surface area (Å²) in [5, 5.41) is 28.4. The topological polar surface area (TPSA) is 462 Å². The van der Waals surface area contributed by atoms with E-state index in [2.05, 4.69) is 53.2 Å². The number of benzene rings is 4. The fourth-order valence-corrected chi connectivity index (χ4v) is 13.8. The molecule has 0 aliphatic carbocycles. The zero-order valence-corrected chi connectivity index (χ0v) is 62.9. The Morgan fingerprint density at radius 3 is 1.20 bits per heavy atom. The van der Waals surface area contributed by atoms with Crippen LogP contribution in [0.2, 0.25) is 0 Å². The van der Waals surface area contributed by atoms with Crippen molar-refractivity contribution >= 4 is 70.9 Å². The van der Waals surface area contributed by atoms with E-state index in [-0.39, 0.29) is 102 Å². The lowest BCUT2D eigenvalue weighted by atomic mass is 9.98. The van der Waals surface area contributed by atoms with Gasteiger partial charge in [0.25, 0.3) is 0 Å². The van der Waals surface area contributed by atoms with Crippen molar-refractivity contribution < 1.29 is 57.5 Å². The molecule has 0 aromatic heterocycles. The predicted octanol–water partition coefficient (Wildman–Crippen LogP) is -0.156. The van der Waals surface area contributed by atoms with Crippen LogP contribution in [-0.4, -0.2) is 191 Å². The molecule has 3 fully saturated rings. The van der Waals surface area contributed by atoms with Crippen LogP contribution in [0.4, 0.5) is 0 Å². The Kier molecular flexibility index (Phi) is 31.9. The van der Waals surface area contributed by atoms with Crippen molar-refractivity contribution in [3.63, 3.8) is 0 Å². The summed E-state index contributed by atoms with van der Waals surface area (Å²) in [4.78, 5) is 183. The van der Waals surface area contributed by atoms with Gasteiger partial charge in [-0.25, -0.2) is 0 Å². The molecule has 14 atom stereocenters. The van der Waals surface area contributed by atoms with E-state index >= 15 is 28.8 Å². The zero-order valence-electron chi connectivity index (χ0n) is 62.9. The predicted molar refractivity (Wildman–Crippen MR) is 404 cm³/mol. The van der Waals surface area contributed by atoms with Crippen molar-refractivity contribution in [1.29, 1.82) is 0 Å². The van der Waals surface area contributed by atoms with Gasteiger partial charge in [-0.1, -0.05) is 177 Å². The molecule has 7 rings (SSSR count). The van der Waals surface area contributed by atoms with Gasteiger partial charge < -0.3 is 91.6 Å². The number of nitrogens with zero attached hydrogens (tertiary/aromatic N) is 2. The van der Waals surface area contributed by atoms with Crippen LogP contribution in [0.1, 0.15) is 129 Å². The smallest absolute Gasteiger partial charge is 0.246 e. The molecule has 12 amide bonds. The fraction of sp³-hybridized carbons (Fsp3) is 0.538. The molecule has 582 valence electrons. The number of fused-ring (bicyclic) bond motifs is 2. The Hall–Kier alpha value is -9.68. The fourth-order valence-electron chi connectivity index (χ4n) is 13.8. The SMILES string of the molecule is CC(C)C[C@@H]1NC(=O)[C@H](CCCN)NC(=O)[C@H](C(C)C)NC(=O)[C@@H]2C[C@](N)(NC(=O)[C@@H](N)Cc3ccccc3)CN2C(=O)[C@@H](Cc2ccccc2)NC(=O)[C@H](CC(C)C)NC(=O)[C@H](CCCN)NC(=O)[C@H](C(C)C)NC(=O)[C@@H]2C[C@H](NC(=O)[C@@H](N)Cc3ccccc3)CN2C(=O)[C@@H](Cc2ccccc2)NC1=O. The first-order chi connectivity index (χ1) is 50.9. The third kappa shape index (κ3) is 25.0. The highest BCUT2D eigenvalue weighted by molar-refractivity contribution is 6.00. The van der Waals surface area contributed by atoms with Crippen molar-refractivity contribution in [2.45, 2.75) is 217 Å². The van der Waals surface area contributed by atoms with Gasteiger partial charge in [0.15, 0.2) is 0 Å². The van der Waals surface area contributed by atoms with Crippen LogP contribution in [0.3, 0.4) is 0 Å². The lowest BCUT2D eigenvalue weighted by Crippen LogP contribution is -2.62. The molecule has 29 heteroatoms. The summed E-state index contributed by atoms with van der Waals surface area (Å²) in [6.07, 6.45) is -0.371. The van der Waals surface area contributed by atoms with Crippen molar-refractivity contribution in [1.82, 2.24) is 63.0 Å². The van der Waals surface area contributed by atoms with E-state index < -0.39 is 180 Å². The summed E-state index contributed by atoms with van der Waals surface area (Å²) in [5.74, 6) is -11.5. The average molecular weight is 1480 g/mol. The first-order valence-electron chi connectivity index (χ1n) is 37.4. The lowest BCUT2D eigenvalue weighted by molar-refractivity contribution is -0.143. The third-order valence-electron chi connectivity index (χ3n) is 19.5. The zero-order chi connectivity index (χ0) is 78.2. The molecule has 4 aromatic rings. The van der Waals surface area contributed by atoms with Gasteiger partial charge in [-0.05, 0) is 117 Å². The number of amides is 12. The molecule has 3 aliphatic rings. The molecule has 29 nitrogen and oxygen atoms in total. The normalized spacial score (nSPS) is 25.6. The molecule has 0 saturated carbocycles. The Morgan fingerprint density at radius 2 is 0.804 bits per heavy atom. The van der Waals surface area contributed by atoms with Gasteiger partial charge in [-0.15, -0.1) is 0 Å². The molecule has 20 N–H and O–H groups in total. The van der Waals surface area contributed by atoms with Gasteiger partial charge in [0.1, 0.15) is 66.1 Å². The van der Waals surface area contributed by atoms with Crippen LogP contribution in [0.25, 0.3) is 0 Å². The molecule has 0 radical (unpaired) electrons. The maximum absolute atomic E-state index is 15.8. The molecular weight excluding hydrogens is 1370 g/mol. The van der Waals surface area contributed by atoms with Crippen LogP contribution >= 0.6 is 0 Å². The minimum atomic E-state index is -1.86. The van der Waals surface area contributed by atoms with Gasteiger partial charge in [-0.3, -0.25) is 57.5 Å². The van der Waals surface area contributed by atoms with Gasteiger partial charge in [0.2, 0.25) is 70.9 Å². The molecule has 3 saturated heterocycles. The summed E-state index contributed by atoms with van der Waals surface area (Å²) in [6.45, 7) is 13.2. The van der Waals surface area contributed by atoms with E-state index in [4.69, 9.17) is 28.7 Å². The first kappa shape index (κ1) is 84.6. The maximum atomic E-state index is 15.8. The van der Waals surface area contributed by atoms with E-state index in [9.17, 15) is 28.8 Å². The standard InChI is InChI=1S/C78H113N17O12/c1-45(2)35-58-70(100)89-60(39-51-27-17-11-18-28-51)76(106)94-43-53(84-66(96)54(81)37-49-23-13-9-14-24-49)41-62(94)72(102)91-64(47(5)6)74(104)85-56(31-21-33-79)68(98)88-59(36-46(3)4)71(101)90-61(40-52-29-19-12-20-30-52)77(107)95-44-78(83,93-67(97)55(82)38-50-25-15-10-16-26-50)42-63(95)73(103)92-65(48(7)8)75(105)86-57(32-22-34-80)69(99)87-58/h9-20,23-30,45-48,53-65H,21-22,31-44,79-83H2,1-8H3,(H,84,96)(H,85,104)(H,86,105)(H,87,99)(H,88,98)(H,89,100)(H,90,101)(H,91,102)(H,92,103)(H,93,97)/t53-,54-,55-,56-,57-,58-,59-,60+,61+,62-,63-,64-,65-,78-/m0/s1. The van der Waals surface area contributed by atoms with Crippen LogP contribution in [0, 0.1) is 23.7 Å². The van der Waals surface area contributed by atoms with Crippen molar-refractivity contribution in [3.05, 3.63) is 144 Å². The highest BCUT2D eigenvalue weighted by Gasteiger charge is 2.51. The Morgan fingerprint density at radius 1 is 0.449 bits per heavy atom. The Balaban J connectivity index is 1.33. The summed E-state index contributed by atoms with van der Waals surface area (Å²) >= 11 is 0. The Bertz CT molecular complexity index is 3670. The second-order valence-electron chi connectivity index (χ2n) is 30.2. The van der Waals surface area contributed by atoms with E-state index in [0.29, 0.717) is 11.1 Å². The van der Waals surface area contributed by atoms with E-state index in [1.54, 1.807) is 113 Å². The third-order valence-corrected chi connectivity index (χ3v) is 19.5. The van der Waals surface area contributed by atoms with Crippen molar-refractivity contribution in [2.24, 2.45) is 52.3 Å². The highest BCUT2D eigenvalue weighted by atomic mass is 16.2. The van der Waals surface area contributed by atoms with E-state index in [0.717, 1.165) is 16.0 Å². The van der Waals surface area contributed by atoms with Gasteiger partial charge in [0.05, 0.1) is 18.6 Å². The monoisotopic (exact) mass is 1480 g/mol. The molecule has 4 aromatic carbocycles. The highest BCUT2D eigenvalue weighted by Crippen LogP contribution is 2.28. The second-order valence-corrected chi connectivity index (χ2v) is 30.2. The maximum Gasteiger partial charge on any atom is 0.246 e. The van der Waals surface area contributed by atoms with E-state index in [1.807, 2.05) is 64.1 Å². The lowest BCUT2D eigenvalue weighted by Gasteiger charge is -2.33. The molecule has 0 spiro atoms. The molecular formula is C78H113N17O12. The molecule has 0 unspecified atom stereocenters. The van der Waals surface area contributed by atoms with Crippen LogP contribution in [-0.2, 0) is 83.2 Å². The van der Waals surface area contributed by atoms with Crippen molar-refractivity contribution in [3.8, 4) is 0 Å². The summed E-state index contributed by atoms with van der Waals surface area (Å²) in [5.41, 5.74) is 33.0. The largest absolute Gasteiger partial charge is 0.350 e. The second kappa shape index (κ2) is 40.3. The number of nitrogens with one attached hydrogen (secondary N) is 10. The number of carbonyl (C=O) groups excluding carboxylic acids is 12. The van der Waals surface area contributed by atoms with Crippen LogP contribution in [0.5, 0.6) is 0 Å². The van der Waals surface area contributed by atoms with Gasteiger partial charge in [-0.2, -0.15) is 0 Å². The number of carbonyl (C=O) groups is 12. The Labute approximate surface area is 627 Å². The quantitative estimate of drug-likeness (QED) is 0.0406. The summed E-state index contributed by atoms with van der Waals surface area (Å²) in [6, 6.07) is 18.1. The number of hydrogen-bond acceptors (Lipinski definition) is 17.